The molecule has 0 spiro atoms. The minimum absolute atomic E-state index is 0.0444. The largest absolute Gasteiger partial charge is 0.354 e. The van der Waals surface area contributed by atoms with Gasteiger partial charge in [0.1, 0.15) is 5.78 Å². The van der Waals surface area contributed by atoms with E-state index in [1.807, 2.05) is 0 Å². The Morgan fingerprint density at radius 3 is 2.29 bits per heavy atom. The number of carbonyl (C=O) groups excluding carboxylic acids is 2. The maximum atomic E-state index is 11.5. The second-order valence-electron chi connectivity index (χ2n) is 4.42. The van der Waals surface area contributed by atoms with Crippen molar-refractivity contribution in [2.24, 2.45) is 0 Å². The molecule has 4 nitrogen and oxygen atoms in total. The number of carbonyl (C=O) groups is 2. The van der Waals surface area contributed by atoms with Gasteiger partial charge < -0.3 is 10.6 Å². The molecule has 0 saturated carbocycles. The monoisotopic (exact) mass is 242 g/mol. The molecule has 0 rings (SSSR count). The highest BCUT2D eigenvalue weighted by atomic mass is 16.1. The molecular formula is C13H26N2O2. The van der Waals surface area contributed by atoms with Gasteiger partial charge in [0, 0.05) is 13.0 Å². The number of unbranched alkanes of at least 4 members (excludes halogenated alkanes) is 4. The summed E-state index contributed by atoms with van der Waals surface area (Å²) in [7, 11) is 1.73. The second-order valence-corrected chi connectivity index (χ2v) is 4.42. The number of rotatable bonds is 10. The van der Waals surface area contributed by atoms with Gasteiger partial charge in [-0.05, 0) is 20.4 Å². The molecule has 0 bridgehead atoms. The van der Waals surface area contributed by atoms with Crippen LogP contribution in [0.5, 0.6) is 0 Å². The SMILES string of the molecule is CCCCCCCC(=O)NCC(NC)C(C)=O. The van der Waals surface area contributed by atoms with E-state index in [-0.39, 0.29) is 17.7 Å². The summed E-state index contributed by atoms with van der Waals surface area (Å²) in [6.07, 6.45) is 6.29. The quantitative estimate of drug-likeness (QED) is 0.573. The van der Waals surface area contributed by atoms with Crippen molar-refractivity contribution in [3.8, 4) is 0 Å². The zero-order chi connectivity index (χ0) is 13.1. The third-order valence-electron chi connectivity index (χ3n) is 2.85. The summed E-state index contributed by atoms with van der Waals surface area (Å²) >= 11 is 0. The molecule has 100 valence electrons. The highest BCUT2D eigenvalue weighted by molar-refractivity contribution is 5.83. The van der Waals surface area contributed by atoms with Crippen LogP contribution in [0, 0.1) is 0 Å². The smallest absolute Gasteiger partial charge is 0.220 e. The van der Waals surface area contributed by atoms with Gasteiger partial charge in [0.2, 0.25) is 5.91 Å². The van der Waals surface area contributed by atoms with E-state index in [2.05, 4.69) is 17.6 Å². The molecule has 2 N–H and O–H groups in total. The summed E-state index contributed by atoms with van der Waals surface area (Å²) in [5.41, 5.74) is 0. The van der Waals surface area contributed by atoms with E-state index >= 15 is 0 Å². The van der Waals surface area contributed by atoms with Crippen LogP contribution in [-0.4, -0.2) is 31.3 Å². The number of likely N-dealkylation sites (N-methyl/N-ethyl adjacent to an activating group) is 1. The Morgan fingerprint density at radius 2 is 1.76 bits per heavy atom. The molecule has 1 amide bonds. The number of nitrogens with one attached hydrogen (secondary N) is 2. The van der Waals surface area contributed by atoms with Crippen LogP contribution >= 0.6 is 0 Å². The number of hydrogen-bond acceptors (Lipinski definition) is 3. The molecule has 0 aromatic heterocycles. The average molecular weight is 242 g/mol. The summed E-state index contributed by atoms with van der Waals surface area (Å²) in [6, 6.07) is -0.265. The van der Waals surface area contributed by atoms with Crippen LogP contribution in [0.3, 0.4) is 0 Å². The molecule has 0 fully saturated rings. The lowest BCUT2D eigenvalue weighted by molar-refractivity contribution is -0.122. The van der Waals surface area contributed by atoms with Crippen molar-refractivity contribution in [3.05, 3.63) is 0 Å². The first-order chi connectivity index (χ1) is 8.11. The van der Waals surface area contributed by atoms with Crippen LogP contribution in [0.4, 0.5) is 0 Å². The molecular weight excluding hydrogens is 216 g/mol. The van der Waals surface area contributed by atoms with Crippen LogP contribution in [0.15, 0.2) is 0 Å². The van der Waals surface area contributed by atoms with Crippen molar-refractivity contribution in [1.82, 2.24) is 10.6 Å². The van der Waals surface area contributed by atoms with E-state index in [1.54, 1.807) is 7.05 Å². The maximum Gasteiger partial charge on any atom is 0.220 e. The second kappa shape index (κ2) is 10.3. The normalized spacial score (nSPS) is 12.2. The molecule has 0 heterocycles. The van der Waals surface area contributed by atoms with Gasteiger partial charge >= 0.3 is 0 Å². The highest BCUT2D eigenvalue weighted by Gasteiger charge is 2.12. The van der Waals surface area contributed by atoms with Crippen LogP contribution < -0.4 is 10.6 Å². The van der Waals surface area contributed by atoms with E-state index in [0.29, 0.717) is 13.0 Å². The Labute approximate surface area is 105 Å². The predicted molar refractivity (Wildman–Crippen MR) is 69.9 cm³/mol. The molecule has 0 radical (unpaired) electrons. The summed E-state index contributed by atoms with van der Waals surface area (Å²) in [5, 5.41) is 5.66. The standard InChI is InChI=1S/C13H26N2O2/c1-4-5-6-7-8-9-13(17)15-10-12(14-3)11(2)16/h12,14H,4-10H2,1-3H3,(H,15,17). The maximum absolute atomic E-state index is 11.5. The third-order valence-corrected chi connectivity index (χ3v) is 2.85. The zero-order valence-corrected chi connectivity index (χ0v) is 11.3. The minimum Gasteiger partial charge on any atom is -0.354 e. The molecule has 4 heteroatoms. The fourth-order valence-corrected chi connectivity index (χ4v) is 1.64. The third kappa shape index (κ3) is 8.86. The Hall–Kier alpha value is -0.900. The Balaban J connectivity index is 3.55. The highest BCUT2D eigenvalue weighted by Crippen LogP contribution is 2.04. The van der Waals surface area contributed by atoms with Crippen LogP contribution in [-0.2, 0) is 9.59 Å². The van der Waals surface area contributed by atoms with Gasteiger partial charge in [0.15, 0.2) is 0 Å². The molecule has 0 saturated heterocycles. The van der Waals surface area contributed by atoms with Gasteiger partial charge in [0.05, 0.1) is 6.04 Å². The van der Waals surface area contributed by atoms with Crippen molar-refractivity contribution in [2.75, 3.05) is 13.6 Å². The van der Waals surface area contributed by atoms with Crippen molar-refractivity contribution >= 4 is 11.7 Å². The number of Topliss-reactive ketones (excluding diaryl/α,β-unsaturated/α-hetero) is 1. The average Bonchev–Trinajstić information content (AvgIpc) is 2.29. The molecule has 0 aliphatic carbocycles. The van der Waals surface area contributed by atoms with Crippen molar-refractivity contribution in [3.63, 3.8) is 0 Å². The van der Waals surface area contributed by atoms with Gasteiger partial charge in [-0.2, -0.15) is 0 Å². The van der Waals surface area contributed by atoms with Gasteiger partial charge in [-0.15, -0.1) is 0 Å². The number of amides is 1. The van der Waals surface area contributed by atoms with E-state index in [9.17, 15) is 9.59 Å². The molecule has 0 aliphatic heterocycles. The number of hydrogen-bond donors (Lipinski definition) is 2. The Kier molecular flexibility index (Phi) is 9.72. The predicted octanol–water partition coefficient (Wildman–Crippen LogP) is 1.64. The van der Waals surface area contributed by atoms with Crippen molar-refractivity contribution < 1.29 is 9.59 Å². The first-order valence-corrected chi connectivity index (χ1v) is 6.56. The first kappa shape index (κ1) is 16.1. The van der Waals surface area contributed by atoms with Gasteiger partial charge in [-0.25, -0.2) is 0 Å². The van der Waals surface area contributed by atoms with E-state index in [1.165, 1.54) is 26.2 Å². The topological polar surface area (TPSA) is 58.2 Å². The van der Waals surface area contributed by atoms with Crippen LogP contribution in [0.2, 0.25) is 0 Å². The lowest BCUT2D eigenvalue weighted by Gasteiger charge is -2.13. The summed E-state index contributed by atoms with van der Waals surface area (Å²) in [5.74, 6) is 0.0961. The Morgan fingerprint density at radius 1 is 1.12 bits per heavy atom. The van der Waals surface area contributed by atoms with E-state index in [4.69, 9.17) is 0 Å². The van der Waals surface area contributed by atoms with Gasteiger partial charge in [0.25, 0.3) is 0 Å². The summed E-state index contributed by atoms with van der Waals surface area (Å²) < 4.78 is 0. The summed E-state index contributed by atoms with van der Waals surface area (Å²) in [6.45, 7) is 4.09. The fraction of sp³-hybridized carbons (Fsp3) is 0.846. The Bertz CT molecular complexity index is 229. The fourth-order valence-electron chi connectivity index (χ4n) is 1.64. The molecule has 1 unspecified atom stereocenters. The zero-order valence-electron chi connectivity index (χ0n) is 11.3. The van der Waals surface area contributed by atoms with E-state index < -0.39 is 0 Å². The molecule has 1 atom stereocenters. The summed E-state index contributed by atoms with van der Waals surface area (Å²) in [4.78, 5) is 22.6. The van der Waals surface area contributed by atoms with Crippen LogP contribution in [0.25, 0.3) is 0 Å². The first-order valence-electron chi connectivity index (χ1n) is 6.56. The van der Waals surface area contributed by atoms with Gasteiger partial charge in [-0.1, -0.05) is 32.6 Å². The van der Waals surface area contributed by atoms with Gasteiger partial charge in [-0.3, -0.25) is 9.59 Å². The van der Waals surface area contributed by atoms with Crippen molar-refractivity contribution in [2.45, 2.75) is 58.4 Å². The molecule has 0 aliphatic rings. The minimum atomic E-state index is -0.265. The lowest BCUT2D eigenvalue weighted by Crippen LogP contribution is -2.43. The lowest BCUT2D eigenvalue weighted by atomic mass is 10.1. The number of ketones is 1. The molecule has 0 aromatic rings. The molecule has 17 heavy (non-hydrogen) atoms. The van der Waals surface area contributed by atoms with Crippen molar-refractivity contribution in [1.29, 1.82) is 0 Å². The van der Waals surface area contributed by atoms with Crippen LogP contribution in [0.1, 0.15) is 52.4 Å². The molecule has 0 aromatic carbocycles. The van der Waals surface area contributed by atoms with E-state index in [0.717, 1.165) is 12.8 Å².